The molecule has 0 saturated carbocycles. The number of carbonyl (C=O) groups is 1. The molecule has 0 bridgehead atoms. The van der Waals surface area contributed by atoms with Crippen LogP contribution in [0, 0.1) is 5.92 Å². The van der Waals surface area contributed by atoms with Crippen molar-refractivity contribution in [3.05, 3.63) is 34.9 Å². The highest BCUT2D eigenvalue weighted by Crippen LogP contribution is 2.23. The fourth-order valence-electron chi connectivity index (χ4n) is 2.60. The van der Waals surface area contributed by atoms with E-state index in [0.717, 1.165) is 0 Å². The van der Waals surface area contributed by atoms with Gasteiger partial charge in [-0.25, -0.2) is 0 Å². The van der Waals surface area contributed by atoms with Crippen molar-refractivity contribution in [2.24, 2.45) is 5.92 Å². The van der Waals surface area contributed by atoms with Crippen molar-refractivity contribution in [2.45, 2.75) is 32.7 Å². The fourth-order valence-corrected chi connectivity index (χ4v) is 4.21. The Labute approximate surface area is 136 Å². The largest absolute Gasteiger partial charge is 0.294 e. The standard InChI is InChI=1S/C15H21ClN2O3S/c1-11(2)17-22(20,21)18-9-3-4-13(10-18)15(19)12-5-7-14(16)8-6-12/h5-8,11,13,17H,3-4,9-10H2,1-2H3. The maximum Gasteiger partial charge on any atom is 0.279 e. The van der Waals surface area contributed by atoms with Gasteiger partial charge in [-0.2, -0.15) is 17.4 Å². The molecule has 1 aliphatic rings. The number of carbonyl (C=O) groups excluding carboxylic acids is 1. The van der Waals surface area contributed by atoms with Crippen LogP contribution in [-0.4, -0.2) is 37.6 Å². The first-order valence-electron chi connectivity index (χ1n) is 7.37. The summed E-state index contributed by atoms with van der Waals surface area (Å²) in [5.74, 6) is -0.334. The Balaban J connectivity index is 2.10. The van der Waals surface area contributed by atoms with Crippen LogP contribution in [0.15, 0.2) is 24.3 Å². The van der Waals surface area contributed by atoms with Gasteiger partial charge in [-0.3, -0.25) is 4.79 Å². The lowest BCUT2D eigenvalue weighted by Gasteiger charge is -2.31. The van der Waals surface area contributed by atoms with Crippen LogP contribution in [0.3, 0.4) is 0 Å². The van der Waals surface area contributed by atoms with E-state index in [2.05, 4.69) is 4.72 Å². The highest BCUT2D eigenvalue weighted by Gasteiger charge is 2.32. The van der Waals surface area contributed by atoms with Crippen molar-refractivity contribution in [3.8, 4) is 0 Å². The zero-order chi connectivity index (χ0) is 16.3. The summed E-state index contributed by atoms with van der Waals surface area (Å²) in [5, 5.41) is 0.575. The number of rotatable bonds is 5. The number of nitrogens with one attached hydrogen (secondary N) is 1. The van der Waals surface area contributed by atoms with E-state index in [-0.39, 0.29) is 24.3 Å². The SMILES string of the molecule is CC(C)NS(=O)(=O)N1CCCC(C(=O)c2ccc(Cl)cc2)C1. The summed E-state index contributed by atoms with van der Waals surface area (Å²) < 4.78 is 28.4. The van der Waals surface area contributed by atoms with Gasteiger partial charge in [-0.1, -0.05) is 11.6 Å². The smallest absolute Gasteiger partial charge is 0.279 e. The van der Waals surface area contributed by atoms with Gasteiger partial charge < -0.3 is 0 Å². The quantitative estimate of drug-likeness (QED) is 0.834. The van der Waals surface area contributed by atoms with Gasteiger partial charge in [0.15, 0.2) is 5.78 Å². The maximum atomic E-state index is 12.5. The Hall–Kier alpha value is -0.950. The molecule has 0 radical (unpaired) electrons. The van der Waals surface area contributed by atoms with Gasteiger partial charge in [-0.15, -0.1) is 0 Å². The van der Waals surface area contributed by atoms with Gasteiger partial charge in [0.1, 0.15) is 0 Å². The lowest BCUT2D eigenvalue weighted by Crippen LogP contribution is -2.49. The molecule has 1 aromatic carbocycles. The van der Waals surface area contributed by atoms with Gasteiger partial charge in [0.25, 0.3) is 10.2 Å². The van der Waals surface area contributed by atoms with Crippen LogP contribution in [0.2, 0.25) is 5.02 Å². The average Bonchev–Trinajstić information content (AvgIpc) is 2.46. The molecule has 122 valence electrons. The third-order valence-corrected chi connectivity index (χ3v) is 5.64. The third-order valence-electron chi connectivity index (χ3n) is 3.61. The van der Waals surface area contributed by atoms with Crippen molar-refractivity contribution in [1.29, 1.82) is 0 Å². The van der Waals surface area contributed by atoms with Gasteiger partial charge in [0.2, 0.25) is 0 Å². The zero-order valence-electron chi connectivity index (χ0n) is 12.8. The first-order chi connectivity index (χ1) is 10.3. The van der Waals surface area contributed by atoms with Gasteiger partial charge >= 0.3 is 0 Å². The minimum Gasteiger partial charge on any atom is -0.294 e. The molecule has 0 aliphatic carbocycles. The molecule has 1 heterocycles. The molecule has 5 nitrogen and oxygen atoms in total. The molecule has 0 spiro atoms. The molecular formula is C15H21ClN2O3S. The van der Waals surface area contributed by atoms with Crippen LogP contribution >= 0.6 is 11.6 Å². The van der Waals surface area contributed by atoms with Gasteiger partial charge in [0.05, 0.1) is 0 Å². The molecule has 1 fully saturated rings. The van der Waals surface area contributed by atoms with E-state index in [0.29, 0.717) is 30.0 Å². The number of Topliss-reactive ketones (excluding diaryl/α,β-unsaturated/α-hetero) is 1. The summed E-state index contributed by atoms with van der Waals surface area (Å²) in [7, 11) is -3.53. The topological polar surface area (TPSA) is 66.5 Å². The first kappa shape index (κ1) is 17.4. The second-order valence-electron chi connectivity index (χ2n) is 5.85. The fraction of sp³-hybridized carbons (Fsp3) is 0.533. The van der Waals surface area contributed by atoms with E-state index in [1.807, 2.05) is 0 Å². The molecular weight excluding hydrogens is 324 g/mol. The number of hydrogen-bond acceptors (Lipinski definition) is 3. The second-order valence-corrected chi connectivity index (χ2v) is 7.98. The molecule has 22 heavy (non-hydrogen) atoms. The van der Waals surface area contributed by atoms with Crippen LogP contribution in [-0.2, 0) is 10.2 Å². The molecule has 1 aliphatic heterocycles. The minimum atomic E-state index is -3.53. The number of halogens is 1. The van der Waals surface area contributed by atoms with Crippen LogP contribution in [0.25, 0.3) is 0 Å². The predicted molar refractivity (Wildman–Crippen MR) is 87.3 cm³/mol. The van der Waals surface area contributed by atoms with Crippen LogP contribution < -0.4 is 4.72 Å². The van der Waals surface area contributed by atoms with Crippen molar-refractivity contribution in [2.75, 3.05) is 13.1 Å². The molecule has 1 unspecified atom stereocenters. The molecule has 1 saturated heterocycles. The normalized spacial score (nSPS) is 20.3. The summed E-state index contributed by atoms with van der Waals surface area (Å²) >= 11 is 5.83. The third kappa shape index (κ3) is 4.29. The van der Waals surface area contributed by atoms with Crippen molar-refractivity contribution in [3.63, 3.8) is 0 Å². The molecule has 1 aromatic rings. The van der Waals surface area contributed by atoms with Crippen molar-refractivity contribution in [1.82, 2.24) is 9.03 Å². The van der Waals surface area contributed by atoms with E-state index in [1.54, 1.807) is 38.1 Å². The second kappa shape index (κ2) is 7.08. The number of piperidine rings is 1. The van der Waals surface area contributed by atoms with Gasteiger partial charge in [-0.05, 0) is 51.0 Å². The zero-order valence-corrected chi connectivity index (χ0v) is 14.3. The molecule has 0 amide bonds. The van der Waals surface area contributed by atoms with E-state index in [9.17, 15) is 13.2 Å². The monoisotopic (exact) mass is 344 g/mol. The summed E-state index contributed by atoms with van der Waals surface area (Å²) in [6.07, 6.45) is 1.39. The summed E-state index contributed by atoms with van der Waals surface area (Å²) in [4.78, 5) is 12.5. The minimum absolute atomic E-state index is 0.0267. The predicted octanol–water partition coefficient (Wildman–Crippen LogP) is 2.48. The molecule has 7 heteroatoms. The summed E-state index contributed by atoms with van der Waals surface area (Å²) in [6, 6.07) is 6.55. The molecule has 1 N–H and O–H groups in total. The lowest BCUT2D eigenvalue weighted by atomic mass is 9.91. The summed E-state index contributed by atoms with van der Waals surface area (Å²) in [6.45, 7) is 4.23. The Bertz CT molecular complexity index is 629. The Kier molecular flexibility index (Phi) is 5.60. The van der Waals surface area contributed by atoms with Crippen LogP contribution in [0.1, 0.15) is 37.0 Å². The van der Waals surface area contributed by atoms with Crippen molar-refractivity contribution >= 4 is 27.6 Å². The first-order valence-corrected chi connectivity index (χ1v) is 9.18. The molecule has 2 rings (SSSR count). The highest BCUT2D eigenvalue weighted by molar-refractivity contribution is 7.87. The van der Waals surface area contributed by atoms with E-state index < -0.39 is 10.2 Å². The maximum absolute atomic E-state index is 12.5. The van der Waals surface area contributed by atoms with E-state index >= 15 is 0 Å². The summed E-state index contributed by atoms with van der Waals surface area (Å²) in [5.41, 5.74) is 0.575. The van der Waals surface area contributed by atoms with Crippen molar-refractivity contribution < 1.29 is 13.2 Å². The lowest BCUT2D eigenvalue weighted by molar-refractivity contribution is 0.0872. The number of nitrogens with zero attached hydrogens (tertiary/aromatic N) is 1. The average molecular weight is 345 g/mol. The number of benzene rings is 1. The van der Waals surface area contributed by atoms with Gasteiger partial charge in [0, 0.05) is 35.6 Å². The van der Waals surface area contributed by atoms with Crippen LogP contribution in [0.5, 0.6) is 0 Å². The highest BCUT2D eigenvalue weighted by atomic mass is 35.5. The van der Waals surface area contributed by atoms with Crippen LogP contribution in [0.4, 0.5) is 0 Å². The Morgan fingerprint density at radius 3 is 2.55 bits per heavy atom. The van der Waals surface area contributed by atoms with E-state index in [1.165, 1.54) is 4.31 Å². The molecule has 1 atom stereocenters. The number of ketones is 1. The molecule has 0 aromatic heterocycles. The Morgan fingerprint density at radius 1 is 1.32 bits per heavy atom. The van der Waals surface area contributed by atoms with E-state index in [4.69, 9.17) is 11.6 Å². The Morgan fingerprint density at radius 2 is 1.95 bits per heavy atom. The number of hydrogen-bond donors (Lipinski definition) is 1.